The molecule has 0 unspecified atom stereocenters. The normalized spacial score (nSPS) is 21.9. The smallest absolute Gasteiger partial charge is 0.348 e. The fourth-order valence-electron chi connectivity index (χ4n) is 2.27. The van der Waals surface area contributed by atoms with E-state index < -0.39 is 23.5 Å². The molecule has 2 aliphatic heterocycles. The van der Waals surface area contributed by atoms with E-state index in [1.807, 2.05) is 13.8 Å². The number of rotatable bonds is 3. The lowest BCUT2D eigenvalue weighted by molar-refractivity contribution is -0.159. The minimum Gasteiger partial charge on any atom is -0.462 e. The van der Waals surface area contributed by atoms with Gasteiger partial charge in [0.05, 0.1) is 0 Å². The number of hydrogen-bond donors (Lipinski definition) is 0. The van der Waals surface area contributed by atoms with Gasteiger partial charge in [-0.15, -0.1) is 0 Å². The molecule has 0 aromatic heterocycles. The van der Waals surface area contributed by atoms with Crippen LogP contribution in [0.15, 0.2) is 24.3 Å². The largest absolute Gasteiger partial charge is 0.462 e. The number of esters is 2. The highest BCUT2D eigenvalue weighted by atomic mass is 16.7. The summed E-state index contributed by atoms with van der Waals surface area (Å²) in [6, 6.07) is 5.33. The van der Waals surface area contributed by atoms with Gasteiger partial charge in [0.2, 0.25) is 12.9 Å². The summed E-state index contributed by atoms with van der Waals surface area (Å²) < 4.78 is 20.6. The molecule has 1 aromatic carbocycles. The van der Waals surface area contributed by atoms with E-state index >= 15 is 0 Å². The average molecular weight is 304 g/mol. The molecule has 1 fully saturated rings. The Kier molecular flexibility index (Phi) is 3.52. The second-order valence-electron chi connectivity index (χ2n) is 5.86. The van der Waals surface area contributed by atoms with Gasteiger partial charge in [0.1, 0.15) is 6.61 Å². The second kappa shape index (κ2) is 5.36. The lowest BCUT2D eigenvalue weighted by Crippen LogP contribution is -2.34. The average Bonchev–Trinajstić information content (AvgIpc) is 3.04. The Morgan fingerprint density at radius 3 is 2.77 bits per heavy atom. The van der Waals surface area contributed by atoms with Gasteiger partial charge in [0, 0.05) is 11.5 Å². The number of carbonyl (C=O) groups is 2. The zero-order chi connectivity index (χ0) is 15.7. The van der Waals surface area contributed by atoms with E-state index in [9.17, 15) is 9.59 Å². The Hall–Kier alpha value is -2.50. The molecule has 2 aliphatic rings. The summed E-state index contributed by atoms with van der Waals surface area (Å²) in [7, 11) is 0. The fraction of sp³-hybridized carbons (Fsp3) is 0.375. The van der Waals surface area contributed by atoms with Gasteiger partial charge < -0.3 is 18.9 Å². The number of ether oxygens (including phenoxy) is 4. The summed E-state index contributed by atoms with van der Waals surface area (Å²) in [5.74, 6) is 0.218. The van der Waals surface area contributed by atoms with Gasteiger partial charge in [0.25, 0.3) is 0 Å². The van der Waals surface area contributed by atoms with Crippen molar-refractivity contribution in [1.29, 1.82) is 0 Å². The van der Waals surface area contributed by atoms with E-state index in [0.29, 0.717) is 11.5 Å². The van der Waals surface area contributed by atoms with Crippen LogP contribution in [0.3, 0.4) is 0 Å². The summed E-state index contributed by atoms with van der Waals surface area (Å²) in [4.78, 5) is 23.4. The SMILES string of the molecule is CC1(C)COC(=O)[C@@H]1OC(=O)C=Cc1ccc2c(c1)OCO2. The van der Waals surface area contributed by atoms with Crippen LogP contribution in [-0.2, 0) is 19.1 Å². The molecule has 1 aromatic rings. The number of carbonyl (C=O) groups excluding carboxylic acids is 2. The van der Waals surface area contributed by atoms with Gasteiger partial charge in [0.15, 0.2) is 11.5 Å². The van der Waals surface area contributed by atoms with Crippen LogP contribution in [0.2, 0.25) is 0 Å². The van der Waals surface area contributed by atoms with Crippen molar-refractivity contribution >= 4 is 18.0 Å². The highest BCUT2D eigenvalue weighted by Crippen LogP contribution is 2.33. The fourth-order valence-corrected chi connectivity index (χ4v) is 2.27. The molecule has 3 rings (SSSR count). The summed E-state index contributed by atoms with van der Waals surface area (Å²) in [5, 5.41) is 0. The first-order valence-corrected chi connectivity index (χ1v) is 6.91. The van der Waals surface area contributed by atoms with Crippen molar-refractivity contribution in [3.05, 3.63) is 29.8 Å². The summed E-state index contributed by atoms with van der Waals surface area (Å²) in [5.41, 5.74) is 0.258. The maximum atomic E-state index is 11.9. The van der Waals surface area contributed by atoms with Crippen LogP contribution in [0, 0.1) is 5.41 Å². The third-order valence-corrected chi connectivity index (χ3v) is 3.55. The van der Waals surface area contributed by atoms with Crippen molar-refractivity contribution in [1.82, 2.24) is 0 Å². The molecule has 2 heterocycles. The van der Waals surface area contributed by atoms with Gasteiger partial charge in [-0.25, -0.2) is 9.59 Å². The van der Waals surface area contributed by atoms with Crippen LogP contribution in [-0.4, -0.2) is 31.4 Å². The monoisotopic (exact) mass is 304 g/mol. The lowest BCUT2D eigenvalue weighted by atomic mass is 9.90. The van der Waals surface area contributed by atoms with Gasteiger partial charge in [-0.05, 0) is 23.8 Å². The number of cyclic esters (lactones) is 1. The first-order chi connectivity index (χ1) is 10.5. The predicted molar refractivity (Wildman–Crippen MR) is 76.2 cm³/mol. The van der Waals surface area contributed by atoms with E-state index in [1.165, 1.54) is 6.08 Å². The van der Waals surface area contributed by atoms with E-state index in [-0.39, 0.29) is 13.4 Å². The Morgan fingerprint density at radius 2 is 2.05 bits per heavy atom. The molecular formula is C16H16O6. The molecule has 0 N–H and O–H groups in total. The summed E-state index contributed by atoms with van der Waals surface area (Å²) in [6.07, 6.45) is 2.00. The van der Waals surface area contributed by atoms with E-state index in [2.05, 4.69) is 0 Å². The highest BCUT2D eigenvalue weighted by molar-refractivity contribution is 5.90. The van der Waals surface area contributed by atoms with Gasteiger partial charge in [-0.1, -0.05) is 19.9 Å². The first kappa shape index (κ1) is 14.4. The van der Waals surface area contributed by atoms with Crippen LogP contribution in [0.4, 0.5) is 0 Å². The lowest BCUT2D eigenvalue weighted by Gasteiger charge is -2.20. The van der Waals surface area contributed by atoms with E-state index in [0.717, 1.165) is 5.56 Å². The Bertz CT molecular complexity index is 646. The highest BCUT2D eigenvalue weighted by Gasteiger charge is 2.46. The molecule has 116 valence electrons. The van der Waals surface area contributed by atoms with Gasteiger partial charge >= 0.3 is 11.9 Å². The zero-order valence-corrected chi connectivity index (χ0v) is 12.3. The molecule has 0 radical (unpaired) electrons. The van der Waals surface area contributed by atoms with Crippen molar-refractivity contribution in [2.45, 2.75) is 20.0 Å². The van der Waals surface area contributed by atoms with Crippen molar-refractivity contribution in [2.75, 3.05) is 13.4 Å². The van der Waals surface area contributed by atoms with Crippen LogP contribution >= 0.6 is 0 Å². The number of fused-ring (bicyclic) bond motifs is 1. The van der Waals surface area contributed by atoms with Crippen LogP contribution in [0.1, 0.15) is 19.4 Å². The molecule has 6 nitrogen and oxygen atoms in total. The molecule has 1 atom stereocenters. The standard InChI is InChI=1S/C16H16O6/c1-16(2)8-19-15(18)14(16)22-13(17)6-4-10-3-5-11-12(7-10)21-9-20-11/h3-7,14H,8-9H2,1-2H3/t14-/m0/s1. The molecular weight excluding hydrogens is 288 g/mol. The maximum Gasteiger partial charge on any atom is 0.348 e. The summed E-state index contributed by atoms with van der Waals surface area (Å²) in [6.45, 7) is 4.08. The summed E-state index contributed by atoms with van der Waals surface area (Å²) >= 11 is 0. The quantitative estimate of drug-likeness (QED) is 0.627. The third kappa shape index (κ3) is 2.77. The minimum atomic E-state index is -0.874. The van der Waals surface area contributed by atoms with Crippen LogP contribution in [0.25, 0.3) is 6.08 Å². The van der Waals surface area contributed by atoms with Crippen molar-refractivity contribution in [3.8, 4) is 11.5 Å². The molecule has 0 aliphatic carbocycles. The Balaban J connectivity index is 1.65. The topological polar surface area (TPSA) is 71.1 Å². The van der Waals surface area contributed by atoms with Crippen molar-refractivity contribution < 1.29 is 28.5 Å². The van der Waals surface area contributed by atoms with Gasteiger partial charge in [-0.3, -0.25) is 0 Å². The third-order valence-electron chi connectivity index (χ3n) is 3.55. The number of benzene rings is 1. The molecule has 0 amide bonds. The minimum absolute atomic E-state index is 0.198. The Labute approximate surface area is 127 Å². The maximum absolute atomic E-state index is 11.9. The zero-order valence-electron chi connectivity index (χ0n) is 12.3. The van der Waals surface area contributed by atoms with Crippen molar-refractivity contribution in [3.63, 3.8) is 0 Å². The van der Waals surface area contributed by atoms with Crippen molar-refractivity contribution in [2.24, 2.45) is 5.41 Å². The molecule has 0 spiro atoms. The molecule has 0 saturated carbocycles. The molecule has 0 bridgehead atoms. The van der Waals surface area contributed by atoms with Gasteiger partial charge in [-0.2, -0.15) is 0 Å². The molecule has 6 heteroatoms. The first-order valence-electron chi connectivity index (χ1n) is 6.91. The van der Waals surface area contributed by atoms with Crippen LogP contribution < -0.4 is 9.47 Å². The van der Waals surface area contributed by atoms with E-state index in [4.69, 9.17) is 18.9 Å². The Morgan fingerprint density at radius 1 is 1.27 bits per heavy atom. The predicted octanol–water partition coefficient (Wildman–Crippen LogP) is 1.92. The van der Waals surface area contributed by atoms with Crippen LogP contribution in [0.5, 0.6) is 11.5 Å². The molecule has 22 heavy (non-hydrogen) atoms. The second-order valence-corrected chi connectivity index (χ2v) is 5.86. The molecule has 1 saturated heterocycles. The van der Waals surface area contributed by atoms with E-state index in [1.54, 1.807) is 24.3 Å². The number of hydrogen-bond acceptors (Lipinski definition) is 6.